The number of hydrogen-bond donors (Lipinski definition) is 2. The number of pyridine rings is 1. The lowest BCUT2D eigenvalue weighted by molar-refractivity contribution is 0.102. The van der Waals surface area contributed by atoms with Crippen LogP contribution in [0.15, 0.2) is 39.6 Å². The van der Waals surface area contributed by atoms with Crippen LogP contribution in [0.1, 0.15) is 16.1 Å². The number of anilines is 1. The molecule has 0 fully saturated rings. The van der Waals surface area contributed by atoms with E-state index in [1.54, 1.807) is 31.2 Å². The summed E-state index contributed by atoms with van der Waals surface area (Å²) in [7, 11) is 0. The van der Waals surface area contributed by atoms with Gasteiger partial charge in [-0.2, -0.15) is 0 Å². The van der Waals surface area contributed by atoms with Crippen molar-refractivity contribution in [1.29, 1.82) is 0 Å². The zero-order valence-corrected chi connectivity index (χ0v) is 12.3. The summed E-state index contributed by atoms with van der Waals surface area (Å²) >= 11 is 9.16. The lowest BCUT2D eigenvalue weighted by Crippen LogP contribution is -2.23. The SMILES string of the molecule is Cc1ccc(C(=O)Nc2cc(Cl)ccc2Br)c(=O)[nH]1. The van der Waals surface area contributed by atoms with E-state index in [1.165, 1.54) is 6.07 Å². The molecule has 0 aliphatic heterocycles. The Kier molecular flexibility index (Phi) is 4.07. The summed E-state index contributed by atoms with van der Waals surface area (Å²) in [6, 6.07) is 8.18. The first-order valence-corrected chi connectivity index (χ1v) is 6.61. The lowest BCUT2D eigenvalue weighted by Gasteiger charge is -2.07. The molecule has 0 radical (unpaired) electrons. The second-order valence-electron chi connectivity index (χ2n) is 3.96. The van der Waals surface area contributed by atoms with Crippen molar-refractivity contribution in [3.8, 4) is 0 Å². The van der Waals surface area contributed by atoms with Gasteiger partial charge in [0.05, 0.1) is 5.69 Å². The number of hydrogen-bond acceptors (Lipinski definition) is 2. The third kappa shape index (κ3) is 3.24. The van der Waals surface area contributed by atoms with Gasteiger partial charge in [0.15, 0.2) is 0 Å². The second kappa shape index (κ2) is 5.59. The highest BCUT2D eigenvalue weighted by molar-refractivity contribution is 9.10. The summed E-state index contributed by atoms with van der Waals surface area (Å²) in [5.41, 5.74) is 0.844. The van der Waals surface area contributed by atoms with Gasteiger partial charge in [-0.05, 0) is 53.2 Å². The van der Waals surface area contributed by atoms with E-state index in [2.05, 4.69) is 26.2 Å². The summed E-state index contributed by atoms with van der Waals surface area (Å²) in [6.45, 7) is 1.75. The zero-order valence-electron chi connectivity index (χ0n) is 9.96. The Morgan fingerprint density at radius 3 is 2.74 bits per heavy atom. The topological polar surface area (TPSA) is 62.0 Å². The molecule has 98 valence electrons. The molecular weight excluding hydrogens is 332 g/mol. The van der Waals surface area contributed by atoms with Crippen LogP contribution in [0.3, 0.4) is 0 Å². The van der Waals surface area contributed by atoms with Crippen LogP contribution in [0.4, 0.5) is 5.69 Å². The van der Waals surface area contributed by atoms with Gasteiger partial charge in [0.2, 0.25) is 0 Å². The van der Waals surface area contributed by atoms with E-state index >= 15 is 0 Å². The number of aryl methyl sites for hydroxylation is 1. The molecule has 0 bridgehead atoms. The maximum absolute atomic E-state index is 12.0. The monoisotopic (exact) mass is 340 g/mol. The molecule has 0 saturated heterocycles. The molecule has 2 rings (SSSR count). The highest BCUT2D eigenvalue weighted by Gasteiger charge is 2.12. The highest BCUT2D eigenvalue weighted by atomic mass is 79.9. The Morgan fingerprint density at radius 2 is 2.05 bits per heavy atom. The van der Waals surface area contributed by atoms with Crippen molar-refractivity contribution >= 4 is 39.1 Å². The van der Waals surface area contributed by atoms with E-state index in [0.29, 0.717) is 20.9 Å². The molecule has 6 heteroatoms. The molecule has 1 heterocycles. The van der Waals surface area contributed by atoms with Crippen molar-refractivity contribution in [1.82, 2.24) is 4.98 Å². The first-order chi connectivity index (χ1) is 8.97. The van der Waals surface area contributed by atoms with Crippen molar-refractivity contribution in [2.24, 2.45) is 0 Å². The minimum atomic E-state index is -0.482. The molecule has 2 N–H and O–H groups in total. The van der Waals surface area contributed by atoms with Gasteiger partial charge < -0.3 is 10.3 Å². The molecule has 1 amide bonds. The predicted molar refractivity (Wildman–Crippen MR) is 78.9 cm³/mol. The van der Waals surface area contributed by atoms with Crippen molar-refractivity contribution in [3.05, 3.63) is 61.4 Å². The fourth-order valence-electron chi connectivity index (χ4n) is 1.53. The first kappa shape index (κ1) is 13.8. The van der Waals surface area contributed by atoms with Gasteiger partial charge in [-0.1, -0.05) is 11.6 Å². The molecule has 1 aromatic heterocycles. The van der Waals surface area contributed by atoms with E-state index in [4.69, 9.17) is 11.6 Å². The summed E-state index contributed by atoms with van der Waals surface area (Å²) in [4.78, 5) is 26.3. The average Bonchev–Trinajstić information content (AvgIpc) is 2.33. The van der Waals surface area contributed by atoms with Gasteiger partial charge in [0.1, 0.15) is 5.56 Å². The van der Waals surface area contributed by atoms with Gasteiger partial charge in [-0.15, -0.1) is 0 Å². The Hall–Kier alpha value is -1.59. The molecule has 0 unspecified atom stereocenters. The number of aromatic amines is 1. The minimum absolute atomic E-state index is 0.0532. The predicted octanol–water partition coefficient (Wildman–Crippen LogP) is 3.35. The number of aromatic nitrogens is 1. The summed E-state index contributed by atoms with van der Waals surface area (Å²) in [5.74, 6) is -0.482. The van der Waals surface area contributed by atoms with Gasteiger partial charge in [0, 0.05) is 15.2 Å². The van der Waals surface area contributed by atoms with E-state index < -0.39 is 11.5 Å². The largest absolute Gasteiger partial charge is 0.326 e. The van der Waals surface area contributed by atoms with E-state index in [9.17, 15) is 9.59 Å². The maximum atomic E-state index is 12.0. The number of carbonyl (C=O) groups excluding carboxylic acids is 1. The summed E-state index contributed by atoms with van der Waals surface area (Å²) in [5, 5.41) is 3.13. The summed E-state index contributed by atoms with van der Waals surface area (Å²) < 4.78 is 0.689. The van der Waals surface area contributed by atoms with Crippen LogP contribution in [-0.4, -0.2) is 10.9 Å². The van der Waals surface area contributed by atoms with Crippen molar-refractivity contribution in [2.45, 2.75) is 6.92 Å². The molecule has 4 nitrogen and oxygen atoms in total. The third-order valence-electron chi connectivity index (χ3n) is 2.48. The van der Waals surface area contributed by atoms with Crippen LogP contribution in [0.2, 0.25) is 5.02 Å². The quantitative estimate of drug-likeness (QED) is 0.880. The molecule has 2 aromatic rings. The van der Waals surface area contributed by atoms with Crippen molar-refractivity contribution in [2.75, 3.05) is 5.32 Å². The van der Waals surface area contributed by atoms with Gasteiger partial charge in [0.25, 0.3) is 11.5 Å². The van der Waals surface area contributed by atoms with Gasteiger partial charge >= 0.3 is 0 Å². The standard InChI is InChI=1S/C13H10BrClN2O2/c1-7-2-4-9(12(18)16-7)13(19)17-11-6-8(15)3-5-10(11)14/h2-6H,1H3,(H,16,18)(H,17,19). The number of amides is 1. The van der Waals surface area contributed by atoms with Crippen LogP contribution in [-0.2, 0) is 0 Å². The fourth-order valence-corrected chi connectivity index (χ4v) is 2.05. The number of nitrogens with one attached hydrogen (secondary N) is 2. The van der Waals surface area contributed by atoms with Gasteiger partial charge in [-0.3, -0.25) is 9.59 Å². The van der Waals surface area contributed by atoms with Crippen LogP contribution in [0.25, 0.3) is 0 Å². The third-order valence-corrected chi connectivity index (χ3v) is 3.40. The van der Waals surface area contributed by atoms with E-state index in [1.807, 2.05) is 0 Å². The van der Waals surface area contributed by atoms with Crippen molar-refractivity contribution in [3.63, 3.8) is 0 Å². The van der Waals surface area contributed by atoms with Crippen molar-refractivity contribution < 1.29 is 4.79 Å². The Bertz CT molecular complexity index is 697. The van der Waals surface area contributed by atoms with E-state index in [-0.39, 0.29) is 5.56 Å². The smallest absolute Gasteiger partial charge is 0.261 e. The number of benzene rings is 1. The molecular formula is C13H10BrClN2O2. The lowest BCUT2D eigenvalue weighted by atomic mass is 10.2. The van der Waals surface area contributed by atoms with E-state index in [0.717, 1.165) is 0 Å². The zero-order chi connectivity index (χ0) is 14.0. The number of rotatable bonds is 2. The Balaban J connectivity index is 2.31. The molecule has 0 aliphatic carbocycles. The molecule has 0 saturated carbocycles. The number of halogens is 2. The Labute approximate surface area is 122 Å². The Morgan fingerprint density at radius 1 is 1.32 bits per heavy atom. The van der Waals surface area contributed by atoms with Crippen LogP contribution in [0, 0.1) is 6.92 Å². The van der Waals surface area contributed by atoms with Crippen LogP contribution in [0.5, 0.6) is 0 Å². The first-order valence-electron chi connectivity index (χ1n) is 5.43. The summed E-state index contributed by atoms with van der Waals surface area (Å²) in [6.07, 6.45) is 0. The maximum Gasteiger partial charge on any atom is 0.261 e. The number of H-pyrrole nitrogens is 1. The van der Waals surface area contributed by atoms with Crippen LogP contribution < -0.4 is 10.9 Å². The van der Waals surface area contributed by atoms with Gasteiger partial charge in [-0.25, -0.2) is 0 Å². The highest BCUT2D eigenvalue weighted by Crippen LogP contribution is 2.26. The van der Waals surface area contributed by atoms with Crippen LogP contribution >= 0.6 is 27.5 Å². The number of carbonyl (C=O) groups is 1. The molecule has 1 aromatic carbocycles. The molecule has 0 spiro atoms. The molecule has 0 aliphatic rings. The second-order valence-corrected chi connectivity index (χ2v) is 5.25. The fraction of sp³-hybridized carbons (Fsp3) is 0.0769. The molecule has 0 atom stereocenters. The molecule has 19 heavy (non-hydrogen) atoms. The average molecular weight is 342 g/mol. The minimum Gasteiger partial charge on any atom is -0.326 e. The normalized spacial score (nSPS) is 10.3.